The van der Waals surface area contributed by atoms with E-state index in [1.807, 2.05) is 32.2 Å². The summed E-state index contributed by atoms with van der Waals surface area (Å²) in [5.74, 6) is -3.77. The summed E-state index contributed by atoms with van der Waals surface area (Å²) in [5.41, 5.74) is 2.07. The van der Waals surface area contributed by atoms with Gasteiger partial charge in [0, 0.05) is 69.5 Å². The lowest BCUT2D eigenvalue weighted by Gasteiger charge is -2.28. The van der Waals surface area contributed by atoms with Crippen LogP contribution in [0, 0.1) is 0 Å². The number of rotatable bonds is 11. The van der Waals surface area contributed by atoms with Crippen molar-refractivity contribution in [2.24, 2.45) is 0 Å². The minimum Gasteiger partial charge on any atom is -0.375 e. The Labute approximate surface area is 223 Å². The number of likely N-dealkylation sites (tertiary alicyclic amines) is 1. The number of alkyl halides is 2. The van der Waals surface area contributed by atoms with Crippen molar-refractivity contribution >= 4 is 28.4 Å². The number of pyridine rings is 1. The first-order chi connectivity index (χ1) is 18.3. The number of benzene rings is 1. The largest absolute Gasteiger partial charge is 0.375 e. The van der Waals surface area contributed by atoms with E-state index in [1.165, 1.54) is 4.90 Å². The summed E-state index contributed by atoms with van der Waals surface area (Å²) >= 11 is 0. The molecule has 1 atom stereocenters. The Balaban J connectivity index is 1.38. The highest BCUT2D eigenvalue weighted by molar-refractivity contribution is 6.07. The fourth-order valence-corrected chi connectivity index (χ4v) is 5.40. The molecule has 10 heteroatoms. The number of amides is 2. The summed E-state index contributed by atoms with van der Waals surface area (Å²) < 4.78 is 28.1. The number of fused-ring (bicyclic) bond motifs is 1. The second kappa shape index (κ2) is 12.8. The van der Waals surface area contributed by atoms with Crippen LogP contribution in [0.3, 0.4) is 0 Å². The van der Waals surface area contributed by atoms with E-state index in [1.54, 1.807) is 12.3 Å². The van der Waals surface area contributed by atoms with Gasteiger partial charge in [-0.15, -0.1) is 0 Å². The van der Waals surface area contributed by atoms with Gasteiger partial charge in [0.2, 0.25) is 5.91 Å². The highest BCUT2D eigenvalue weighted by Gasteiger charge is 2.46. The standard InChI is InChI=1S/C28H40F2N6O2/c1-3-4-6-22-18-28(29,30)20-36(22)26(37)19-33-27(38)23-9-10-32-25-8-7-21(17-24(23)25)34(2)13-5-14-35-15-11-31-12-16-35/h7-10,17,22,31H,3-6,11-16,18-20H2,1-2H3,(H,33,38)/t22-/m1/s1. The van der Waals surface area contributed by atoms with Crippen LogP contribution in [0.25, 0.3) is 10.9 Å². The quantitative estimate of drug-likeness (QED) is 0.465. The van der Waals surface area contributed by atoms with Crippen LogP contribution in [0.5, 0.6) is 0 Å². The molecule has 2 fully saturated rings. The zero-order valence-corrected chi connectivity index (χ0v) is 22.5. The van der Waals surface area contributed by atoms with Crippen LogP contribution < -0.4 is 15.5 Å². The first kappa shape index (κ1) is 28.2. The lowest BCUT2D eigenvalue weighted by molar-refractivity contribution is -0.132. The number of halogens is 2. The number of hydrogen-bond donors (Lipinski definition) is 2. The first-order valence-electron chi connectivity index (χ1n) is 13.8. The number of anilines is 1. The van der Waals surface area contributed by atoms with Gasteiger partial charge < -0.3 is 25.3 Å². The van der Waals surface area contributed by atoms with Crippen molar-refractivity contribution in [3.63, 3.8) is 0 Å². The summed E-state index contributed by atoms with van der Waals surface area (Å²) in [7, 11) is 2.04. The lowest BCUT2D eigenvalue weighted by Crippen LogP contribution is -2.44. The molecule has 0 spiro atoms. The Morgan fingerprint density at radius 3 is 2.76 bits per heavy atom. The predicted octanol–water partition coefficient (Wildman–Crippen LogP) is 3.12. The summed E-state index contributed by atoms with van der Waals surface area (Å²) in [4.78, 5) is 36.2. The van der Waals surface area contributed by atoms with Gasteiger partial charge in [0.05, 0.1) is 24.2 Å². The van der Waals surface area contributed by atoms with Gasteiger partial charge in [-0.25, -0.2) is 8.78 Å². The molecule has 1 aromatic carbocycles. The molecular weight excluding hydrogens is 490 g/mol. The molecule has 38 heavy (non-hydrogen) atoms. The van der Waals surface area contributed by atoms with Gasteiger partial charge in [-0.3, -0.25) is 14.6 Å². The maximum Gasteiger partial charge on any atom is 0.267 e. The topological polar surface area (TPSA) is 80.8 Å². The van der Waals surface area contributed by atoms with E-state index in [9.17, 15) is 18.4 Å². The molecule has 4 rings (SSSR count). The number of nitrogens with zero attached hydrogens (tertiary/aromatic N) is 4. The molecule has 0 saturated carbocycles. The smallest absolute Gasteiger partial charge is 0.267 e. The molecule has 8 nitrogen and oxygen atoms in total. The summed E-state index contributed by atoms with van der Waals surface area (Å²) in [5, 5.41) is 6.73. The Morgan fingerprint density at radius 2 is 2.00 bits per heavy atom. The van der Waals surface area contributed by atoms with Crippen molar-refractivity contribution in [2.45, 2.75) is 51.0 Å². The molecular formula is C28H40F2N6O2. The van der Waals surface area contributed by atoms with E-state index in [0.29, 0.717) is 22.9 Å². The molecule has 2 saturated heterocycles. The van der Waals surface area contributed by atoms with Crippen molar-refractivity contribution in [3.8, 4) is 0 Å². The number of hydrogen-bond acceptors (Lipinski definition) is 6. The summed E-state index contributed by atoms with van der Waals surface area (Å²) in [6.45, 7) is 7.25. The zero-order chi connectivity index (χ0) is 27.1. The van der Waals surface area contributed by atoms with Crippen LogP contribution >= 0.6 is 0 Å². The van der Waals surface area contributed by atoms with Crippen LogP contribution in [0.1, 0.15) is 49.4 Å². The Kier molecular flexibility index (Phi) is 9.49. The maximum atomic E-state index is 14.0. The van der Waals surface area contributed by atoms with Gasteiger partial charge in [-0.2, -0.15) is 0 Å². The first-order valence-corrected chi connectivity index (χ1v) is 13.8. The normalized spacial score (nSPS) is 19.6. The number of aromatic nitrogens is 1. The van der Waals surface area contributed by atoms with E-state index in [0.717, 1.165) is 64.2 Å². The average molecular weight is 531 g/mol. The Hall–Kier alpha value is -2.85. The molecule has 1 aromatic heterocycles. The van der Waals surface area contributed by atoms with Crippen molar-refractivity contribution in [2.75, 3.05) is 64.3 Å². The molecule has 2 aliphatic rings. The molecule has 0 aliphatic carbocycles. The van der Waals surface area contributed by atoms with Crippen LogP contribution in [0.15, 0.2) is 30.5 Å². The maximum absolute atomic E-state index is 14.0. The highest BCUT2D eigenvalue weighted by Crippen LogP contribution is 2.34. The highest BCUT2D eigenvalue weighted by atomic mass is 19.3. The molecule has 2 aliphatic heterocycles. The van der Waals surface area contributed by atoms with Gasteiger partial charge in [0.25, 0.3) is 11.8 Å². The van der Waals surface area contributed by atoms with Crippen molar-refractivity contribution < 1.29 is 18.4 Å². The van der Waals surface area contributed by atoms with E-state index < -0.39 is 30.3 Å². The Bertz CT molecular complexity index is 1110. The number of nitrogens with one attached hydrogen (secondary N) is 2. The number of carbonyl (C=O) groups excluding carboxylic acids is 2. The van der Waals surface area contributed by atoms with Crippen LogP contribution in [0.2, 0.25) is 0 Å². The van der Waals surface area contributed by atoms with Gasteiger partial charge >= 0.3 is 0 Å². The van der Waals surface area contributed by atoms with E-state index >= 15 is 0 Å². The zero-order valence-electron chi connectivity index (χ0n) is 22.5. The van der Waals surface area contributed by atoms with Gasteiger partial charge in [0.15, 0.2) is 0 Å². The third-order valence-electron chi connectivity index (χ3n) is 7.58. The number of piperazine rings is 1. The minimum atomic E-state index is -2.88. The van der Waals surface area contributed by atoms with Gasteiger partial charge in [-0.1, -0.05) is 19.8 Å². The molecule has 2 amide bonds. The third-order valence-corrected chi connectivity index (χ3v) is 7.58. The van der Waals surface area contributed by atoms with Gasteiger partial charge in [-0.05, 0) is 43.7 Å². The third kappa shape index (κ3) is 7.17. The molecule has 2 aromatic rings. The fraction of sp³-hybridized carbons (Fsp3) is 0.607. The molecule has 208 valence electrons. The summed E-state index contributed by atoms with van der Waals surface area (Å²) in [6.07, 6.45) is 4.50. The second-order valence-corrected chi connectivity index (χ2v) is 10.5. The van der Waals surface area contributed by atoms with E-state index in [2.05, 4.69) is 25.4 Å². The van der Waals surface area contributed by atoms with Crippen molar-refractivity contribution in [3.05, 3.63) is 36.0 Å². The van der Waals surface area contributed by atoms with Crippen molar-refractivity contribution in [1.82, 2.24) is 25.4 Å². The van der Waals surface area contributed by atoms with E-state index in [-0.39, 0.29) is 13.0 Å². The van der Waals surface area contributed by atoms with Crippen LogP contribution in [-0.4, -0.2) is 98.0 Å². The number of carbonyl (C=O) groups is 2. The van der Waals surface area contributed by atoms with Crippen molar-refractivity contribution in [1.29, 1.82) is 0 Å². The fourth-order valence-electron chi connectivity index (χ4n) is 5.40. The van der Waals surface area contributed by atoms with Gasteiger partial charge in [0.1, 0.15) is 0 Å². The Morgan fingerprint density at radius 1 is 1.21 bits per heavy atom. The molecule has 3 heterocycles. The average Bonchev–Trinajstić information content (AvgIpc) is 3.24. The van der Waals surface area contributed by atoms with Crippen LogP contribution in [-0.2, 0) is 4.79 Å². The van der Waals surface area contributed by atoms with E-state index in [4.69, 9.17) is 0 Å². The second-order valence-electron chi connectivity index (χ2n) is 10.5. The molecule has 0 bridgehead atoms. The molecule has 0 radical (unpaired) electrons. The monoisotopic (exact) mass is 530 g/mol. The van der Waals surface area contributed by atoms with Crippen LogP contribution in [0.4, 0.5) is 14.5 Å². The SMILES string of the molecule is CCCC[C@@H]1CC(F)(F)CN1C(=O)CNC(=O)c1ccnc2ccc(N(C)CCCN3CCNCC3)cc12. The molecule has 0 unspecified atom stereocenters. The lowest BCUT2D eigenvalue weighted by atomic mass is 10.1. The minimum absolute atomic E-state index is 0.312. The number of unbranched alkanes of at least 4 members (excludes halogenated alkanes) is 1. The predicted molar refractivity (Wildman–Crippen MR) is 146 cm³/mol. The summed E-state index contributed by atoms with van der Waals surface area (Å²) in [6, 6.07) is 6.98. The molecule has 2 N–H and O–H groups in total.